The maximum atomic E-state index is 12.1. The minimum atomic E-state index is -3.62. The topological polar surface area (TPSA) is 90.7 Å². The van der Waals surface area contributed by atoms with Gasteiger partial charge in [0.05, 0.1) is 23.3 Å². The molecule has 0 saturated heterocycles. The van der Waals surface area contributed by atoms with Crippen molar-refractivity contribution in [3.63, 3.8) is 0 Å². The number of sulfonamides is 1. The summed E-state index contributed by atoms with van der Waals surface area (Å²) in [5, 5.41) is 0. The molecule has 1 rings (SSSR count). The zero-order valence-electron chi connectivity index (χ0n) is 11.6. The molecule has 1 aromatic carbocycles. The van der Waals surface area contributed by atoms with E-state index in [1.165, 1.54) is 32.4 Å². The van der Waals surface area contributed by atoms with E-state index in [2.05, 4.69) is 4.72 Å². The molecule has 1 aromatic rings. The SMILES string of the molecule is COc1cc(S(=O)(=O)NCC(C)(C)OC)ccc1N. The molecule has 0 amide bonds. The van der Waals surface area contributed by atoms with Crippen molar-refractivity contribution in [2.75, 3.05) is 26.5 Å². The fourth-order valence-corrected chi connectivity index (χ4v) is 2.50. The Labute approximate surface area is 113 Å². The van der Waals surface area contributed by atoms with Gasteiger partial charge in [-0.05, 0) is 26.0 Å². The Morgan fingerprint density at radius 1 is 1.32 bits per heavy atom. The van der Waals surface area contributed by atoms with E-state index < -0.39 is 15.6 Å². The van der Waals surface area contributed by atoms with Gasteiger partial charge < -0.3 is 15.2 Å². The van der Waals surface area contributed by atoms with Crippen LogP contribution in [0.3, 0.4) is 0 Å². The minimum Gasteiger partial charge on any atom is -0.495 e. The summed E-state index contributed by atoms with van der Waals surface area (Å²) >= 11 is 0. The van der Waals surface area contributed by atoms with Gasteiger partial charge in [0.25, 0.3) is 0 Å². The monoisotopic (exact) mass is 288 g/mol. The quantitative estimate of drug-likeness (QED) is 0.761. The summed E-state index contributed by atoms with van der Waals surface area (Å²) in [6.45, 7) is 3.75. The van der Waals surface area contributed by atoms with Crippen molar-refractivity contribution in [1.29, 1.82) is 0 Å². The van der Waals surface area contributed by atoms with Gasteiger partial charge in [-0.15, -0.1) is 0 Å². The van der Waals surface area contributed by atoms with Crippen LogP contribution in [-0.2, 0) is 14.8 Å². The van der Waals surface area contributed by atoms with Gasteiger partial charge in [0.2, 0.25) is 10.0 Å². The van der Waals surface area contributed by atoms with Gasteiger partial charge in [-0.1, -0.05) is 0 Å². The highest BCUT2D eigenvalue weighted by atomic mass is 32.2. The van der Waals surface area contributed by atoms with E-state index in [0.717, 1.165) is 0 Å². The van der Waals surface area contributed by atoms with Crippen molar-refractivity contribution < 1.29 is 17.9 Å². The smallest absolute Gasteiger partial charge is 0.240 e. The number of benzene rings is 1. The highest BCUT2D eigenvalue weighted by Crippen LogP contribution is 2.24. The lowest BCUT2D eigenvalue weighted by Gasteiger charge is -2.23. The maximum Gasteiger partial charge on any atom is 0.240 e. The van der Waals surface area contributed by atoms with E-state index in [1.807, 2.05) is 0 Å². The summed E-state index contributed by atoms with van der Waals surface area (Å²) in [6.07, 6.45) is 0. The van der Waals surface area contributed by atoms with Crippen molar-refractivity contribution in [1.82, 2.24) is 4.72 Å². The normalized spacial score (nSPS) is 12.4. The van der Waals surface area contributed by atoms with Crippen LogP contribution in [-0.4, -0.2) is 34.8 Å². The van der Waals surface area contributed by atoms with Crippen molar-refractivity contribution in [2.45, 2.75) is 24.3 Å². The Hall–Kier alpha value is -1.31. The predicted octanol–water partition coefficient (Wildman–Crippen LogP) is 0.981. The summed E-state index contributed by atoms with van der Waals surface area (Å²) < 4.78 is 36.9. The molecule has 0 aliphatic carbocycles. The summed E-state index contributed by atoms with van der Waals surface area (Å²) in [4.78, 5) is 0.102. The van der Waals surface area contributed by atoms with E-state index in [4.69, 9.17) is 15.2 Å². The highest BCUT2D eigenvalue weighted by Gasteiger charge is 2.22. The van der Waals surface area contributed by atoms with Crippen LogP contribution in [0.15, 0.2) is 23.1 Å². The second-order valence-electron chi connectivity index (χ2n) is 4.69. The third-order valence-electron chi connectivity index (χ3n) is 2.76. The summed E-state index contributed by atoms with van der Waals surface area (Å²) in [7, 11) is -0.656. The molecule has 0 spiro atoms. The first-order valence-electron chi connectivity index (χ1n) is 5.70. The van der Waals surface area contributed by atoms with E-state index >= 15 is 0 Å². The third kappa shape index (κ3) is 4.09. The number of nitrogens with one attached hydrogen (secondary N) is 1. The zero-order valence-corrected chi connectivity index (χ0v) is 12.4. The molecule has 0 heterocycles. The summed E-state index contributed by atoms with van der Waals surface area (Å²) in [5.74, 6) is 0.328. The standard InChI is InChI=1S/C12H20N2O4S/c1-12(2,18-4)8-14-19(15,16)9-5-6-10(13)11(7-9)17-3/h5-7,14H,8,13H2,1-4H3. The third-order valence-corrected chi connectivity index (χ3v) is 4.15. The fraction of sp³-hybridized carbons (Fsp3) is 0.500. The molecular weight excluding hydrogens is 268 g/mol. The van der Waals surface area contributed by atoms with Crippen molar-refractivity contribution in [3.05, 3.63) is 18.2 Å². The Balaban J connectivity index is 2.95. The number of rotatable bonds is 6. The Bertz CT molecular complexity index is 541. The molecule has 0 unspecified atom stereocenters. The molecule has 0 radical (unpaired) electrons. The van der Waals surface area contributed by atoms with Crippen LogP contribution in [0.25, 0.3) is 0 Å². The zero-order chi connectivity index (χ0) is 14.7. The van der Waals surface area contributed by atoms with Crippen LogP contribution < -0.4 is 15.2 Å². The molecule has 3 N–H and O–H groups in total. The maximum absolute atomic E-state index is 12.1. The minimum absolute atomic E-state index is 0.102. The van der Waals surface area contributed by atoms with Crippen LogP contribution in [0, 0.1) is 0 Å². The van der Waals surface area contributed by atoms with Crippen LogP contribution in [0.1, 0.15) is 13.8 Å². The Kier molecular flexibility index (Phi) is 4.78. The Morgan fingerprint density at radius 2 is 1.95 bits per heavy atom. The van der Waals surface area contributed by atoms with Gasteiger partial charge in [-0.25, -0.2) is 13.1 Å². The van der Waals surface area contributed by atoms with Gasteiger partial charge in [-0.3, -0.25) is 0 Å². The molecule has 0 aliphatic heterocycles. The fourth-order valence-electron chi connectivity index (χ4n) is 1.28. The van der Waals surface area contributed by atoms with Crippen LogP contribution in [0.4, 0.5) is 5.69 Å². The molecule has 19 heavy (non-hydrogen) atoms. The van der Waals surface area contributed by atoms with Crippen LogP contribution >= 0.6 is 0 Å². The van der Waals surface area contributed by atoms with Crippen LogP contribution in [0.5, 0.6) is 5.75 Å². The second kappa shape index (κ2) is 5.77. The first kappa shape index (κ1) is 15.7. The molecule has 0 bridgehead atoms. The number of nitrogen functional groups attached to an aromatic ring is 1. The lowest BCUT2D eigenvalue weighted by atomic mass is 10.1. The molecule has 6 nitrogen and oxygen atoms in total. The number of methoxy groups -OCH3 is 2. The molecular formula is C12H20N2O4S. The molecule has 0 atom stereocenters. The lowest BCUT2D eigenvalue weighted by molar-refractivity contribution is 0.0276. The molecule has 0 aliphatic rings. The van der Waals surface area contributed by atoms with Crippen molar-refractivity contribution in [3.8, 4) is 5.75 Å². The number of hydrogen-bond donors (Lipinski definition) is 2. The van der Waals surface area contributed by atoms with E-state index in [0.29, 0.717) is 11.4 Å². The number of hydrogen-bond acceptors (Lipinski definition) is 5. The second-order valence-corrected chi connectivity index (χ2v) is 6.46. The van der Waals surface area contributed by atoms with Crippen LogP contribution in [0.2, 0.25) is 0 Å². The Morgan fingerprint density at radius 3 is 2.47 bits per heavy atom. The van der Waals surface area contributed by atoms with E-state index in [9.17, 15) is 8.42 Å². The van der Waals surface area contributed by atoms with Crippen molar-refractivity contribution in [2.24, 2.45) is 0 Å². The molecule has 0 aromatic heterocycles. The van der Waals surface area contributed by atoms with Gasteiger partial charge in [-0.2, -0.15) is 0 Å². The largest absolute Gasteiger partial charge is 0.495 e. The lowest BCUT2D eigenvalue weighted by Crippen LogP contribution is -2.39. The average molecular weight is 288 g/mol. The predicted molar refractivity (Wildman–Crippen MR) is 73.7 cm³/mol. The van der Waals surface area contributed by atoms with Gasteiger partial charge in [0.15, 0.2) is 0 Å². The van der Waals surface area contributed by atoms with E-state index in [1.54, 1.807) is 13.8 Å². The van der Waals surface area contributed by atoms with Gasteiger partial charge in [0.1, 0.15) is 5.75 Å². The highest BCUT2D eigenvalue weighted by molar-refractivity contribution is 7.89. The molecule has 7 heteroatoms. The van der Waals surface area contributed by atoms with E-state index in [-0.39, 0.29) is 11.4 Å². The molecule has 108 valence electrons. The first-order valence-corrected chi connectivity index (χ1v) is 7.18. The van der Waals surface area contributed by atoms with Crippen molar-refractivity contribution >= 4 is 15.7 Å². The first-order chi connectivity index (χ1) is 8.72. The summed E-state index contributed by atoms with van der Waals surface area (Å²) in [6, 6.07) is 4.31. The number of ether oxygens (including phenoxy) is 2. The summed E-state index contributed by atoms with van der Waals surface area (Å²) in [5.41, 5.74) is 5.46. The van der Waals surface area contributed by atoms with Gasteiger partial charge in [0, 0.05) is 19.7 Å². The molecule has 0 saturated carbocycles. The number of anilines is 1. The molecule has 0 fully saturated rings. The van der Waals surface area contributed by atoms with Gasteiger partial charge >= 0.3 is 0 Å². The average Bonchev–Trinajstić information content (AvgIpc) is 2.37. The number of nitrogens with two attached hydrogens (primary N) is 1.